The molecule has 0 bridgehead atoms. The van der Waals surface area contributed by atoms with Crippen LogP contribution >= 0.6 is 0 Å². The highest BCUT2D eigenvalue weighted by molar-refractivity contribution is 5.82. The van der Waals surface area contributed by atoms with Crippen molar-refractivity contribution in [3.05, 3.63) is 24.0 Å². The average Bonchev–Trinajstić information content (AvgIpc) is 2.20. The molecule has 0 aromatic carbocycles. The summed E-state index contributed by atoms with van der Waals surface area (Å²) in [6, 6.07) is 3.29. The van der Waals surface area contributed by atoms with Crippen molar-refractivity contribution in [2.24, 2.45) is 0 Å². The van der Waals surface area contributed by atoms with Crippen molar-refractivity contribution in [1.82, 2.24) is 9.88 Å². The highest BCUT2D eigenvalue weighted by atomic mass is 16.4. The lowest BCUT2D eigenvalue weighted by molar-refractivity contribution is -0.143. The molecule has 0 unspecified atom stereocenters. The summed E-state index contributed by atoms with van der Waals surface area (Å²) in [4.78, 5) is 27.0. The van der Waals surface area contributed by atoms with Crippen molar-refractivity contribution < 1.29 is 14.7 Å². The number of aromatic nitrogens is 1. The van der Waals surface area contributed by atoms with E-state index in [1.807, 2.05) is 0 Å². The van der Waals surface area contributed by atoms with Crippen LogP contribution in [0.2, 0.25) is 0 Å². The van der Waals surface area contributed by atoms with Crippen molar-refractivity contribution in [2.75, 3.05) is 19.3 Å². The maximum atomic E-state index is 11.5. The molecular formula is C10H13N3O3. The molecule has 0 aliphatic heterocycles. The second-order valence-corrected chi connectivity index (χ2v) is 3.40. The molecule has 0 atom stereocenters. The fourth-order valence-corrected chi connectivity index (χ4v) is 1.12. The number of hydrogen-bond donors (Lipinski definition) is 2. The van der Waals surface area contributed by atoms with Crippen LogP contribution in [0.3, 0.4) is 0 Å². The number of nitrogens with zero attached hydrogens (tertiary/aromatic N) is 2. The van der Waals surface area contributed by atoms with Gasteiger partial charge in [0.15, 0.2) is 0 Å². The number of pyridine rings is 1. The van der Waals surface area contributed by atoms with E-state index < -0.39 is 5.97 Å². The predicted octanol–water partition coefficient (Wildman–Crippen LogP) is -0.251. The van der Waals surface area contributed by atoms with E-state index in [4.69, 9.17) is 10.8 Å². The largest absolute Gasteiger partial charge is 0.480 e. The number of nitrogen functional groups attached to an aromatic ring is 1. The van der Waals surface area contributed by atoms with Crippen molar-refractivity contribution in [1.29, 1.82) is 0 Å². The number of anilines is 1. The maximum absolute atomic E-state index is 11.5. The first kappa shape index (κ1) is 12.0. The topological polar surface area (TPSA) is 96.5 Å². The lowest BCUT2D eigenvalue weighted by Crippen LogP contribution is -2.33. The number of amides is 1. The Labute approximate surface area is 92.7 Å². The number of carbonyl (C=O) groups is 2. The van der Waals surface area contributed by atoms with Gasteiger partial charge in [0.1, 0.15) is 6.54 Å². The molecule has 0 fully saturated rings. The van der Waals surface area contributed by atoms with E-state index in [0.29, 0.717) is 11.4 Å². The van der Waals surface area contributed by atoms with Crippen molar-refractivity contribution in [2.45, 2.75) is 6.42 Å². The monoisotopic (exact) mass is 223 g/mol. The maximum Gasteiger partial charge on any atom is 0.323 e. The van der Waals surface area contributed by atoms with E-state index in [9.17, 15) is 9.59 Å². The second kappa shape index (κ2) is 5.11. The van der Waals surface area contributed by atoms with Gasteiger partial charge in [-0.25, -0.2) is 0 Å². The molecule has 6 heteroatoms. The Bertz CT molecular complexity index is 389. The molecule has 0 saturated carbocycles. The van der Waals surface area contributed by atoms with Crippen LogP contribution in [0.4, 0.5) is 5.69 Å². The molecule has 0 radical (unpaired) electrons. The third-order valence-electron chi connectivity index (χ3n) is 1.98. The molecule has 1 rings (SSSR count). The van der Waals surface area contributed by atoms with Gasteiger partial charge in [0.25, 0.3) is 0 Å². The van der Waals surface area contributed by atoms with E-state index in [0.717, 1.165) is 4.90 Å². The summed E-state index contributed by atoms with van der Waals surface area (Å²) in [6.45, 7) is -0.312. The van der Waals surface area contributed by atoms with Gasteiger partial charge in [-0.1, -0.05) is 0 Å². The number of nitrogens with two attached hydrogens (primary N) is 1. The number of likely N-dealkylation sites (N-methyl/N-ethyl adjacent to an activating group) is 1. The van der Waals surface area contributed by atoms with E-state index in [1.54, 1.807) is 12.1 Å². The number of rotatable bonds is 4. The van der Waals surface area contributed by atoms with E-state index in [1.165, 1.54) is 13.2 Å². The smallest absolute Gasteiger partial charge is 0.323 e. The normalized spacial score (nSPS) is 9.81. The SMILES string of the molecule is CN(CC(=O)O)C(=O)Cc1ccc(N)cn1. The first-order valence-corrected chi connectivity index (χ1v) is 4.65. The number of hydrogen-bond acceptors (Lipinski definition) is 4. The fourth-order valence-electron chi connectivity index (χ4n) is 1.12. The van der Waals surface area contributed by atoms with E-state index in [2.05, 4.69) is 4.98 Å². The summed E-state index contributed by atoms with van der Waals surface area (Å²) in [5.74, 6) is -1.33. The minimum Gasteiger partial charge on any atom is -0.480 e. The third-order valence-corrected chi connectivity index (χ3v) is 1.98. The third kappa shape index (κ3) is 3.56. The standard InChI is InChI=1S/C10H13N3O3/c1-13(6-10(15)16)9(14)4-8-3-2-7(11)5-12-8/h2-3,5H,4,6,11H2,1H3,(H,15,16). The first-order valence-electron chi connectivity index (χ1n) is 4.65. The molecule has 1 heterocycles. The van der Waals surface area contributed by atoms with Gasteiger partial charge in [-0.05, 0) is 12.1 Å². The Morgan fingerprint density at radius 1 is 1.50 bits per heavy atom. The minimum atomic E-state index is -1.04. The van der Waals surface area contributed by atoms with Crippen molar-refractivity contribution in [3.8, 4) is 0 Å². The van der Waals surface area contributed by atoms with Crippen LogP contribution in [0.25, 0.3) is 0 Å². The molecule has 0 spiro atoms. The van der Waals surface area contributed by atoms with Gasteiger partial charge in [-0.3, -0.25) is 14.6 Å². The number of carbonyl (C=O) groups excluding carboxylic acids is 1. The summed E-state index contributed by atoms with van der Waals surface area (Å²) in [6.07, 6.45) is 1.53. The van der Waals surface area contributed by atoms with Crippen LogP contribution < -0.4 is 5.73 Å². The van der Waals surface area contributed by atoms with Crippen molar-refractivity contribution >= 4 is 17.6 Å². The zero-order chi connectivity index (χ0) is 12.1. The molecule has 16 heavy (non-hydrogen) atoms. The van der Waals surface area contributed by atoms with Crippen LogP contribution in [-0.4, -0.2) is 40.5 Å². The minimum absolute atomic E-state index is 0.0735. The molecular weight excluding hydrogens is 210 g/mol. The van der Waals surface area contributed by atoms with Gasteiger partial charge in [0.2, 0.25) is 5.91 Å². The second-order valence-electron chi connectivity index (χ2n) is 3.40. The summed E-state index contributed by atoms with van der Waals surface area (Å²) in [5, 5.41) is 8.51. The number of aliphatic carboxylic acids is 1. The van der Waals surface area contributed by atoms with Gasteiger partial charge < -0.3 is 15.7 Å². The molecule has 1 amide bonds. The summed E-state index contributed by atoms with van der Waals surface area (Å²) in [5.41, 5.74) is 6.54. The van der Waals surface area contributed by atoms with Gasteiger partial charge >= 0.3 is 5.97 Å². The lowest BCUT2D eigenvalue weighted by Gasteiger charge is -2.13. The van der Waals surface area contributed by atoms with E-state index in [-0.39, 0.29) is 18.9 Å². The van der Waals surface area contributed by atoms with Crippen LogP contribution in [0.5, 0.6) is 0 Å². The molecule has 0 saturated heterocycles. The summed E-state index contributed by atoms with van der Waals surface area (Å²) in [7, 11) is 1.44. The summed E-state index contributed by atoms with van der Waals surface area (Å²) < 4.78 is 0. The van der Waals surface area contributed by atoms with Gasteiger partial charge in [-0.2, -0.15) is 0 Å². The van der Waals surface area contributed by atoms with Gasteiger partial charge in [-0.15, -0.1) is 0 Å². The zero-order valence-electron chi connectivity index (χ0n) is 8.88. The van der Waals surface area contributed by atoms with Crippen molar-refractivity contribution in [3.63, 3.8) is 0 Å². The molecule has 1 aromatic rings. The zero-order valence-corrected chi connectivity index (χ0v) is 8.88. The molecule has 1 aromatic heterocycles. The van der Waals surface area contributed by atoms with Crippen LogP contribution in [0.15, 0.2) is 18.3 Å². The van der Waals surface area contributed by atoms with Gasteiger partial charge in [0, 0.05) is 12.7 Å². The summed E-state index contributed by atoms with van der Waals surface area (Å²) >= 11 is 0. The highest BCUT2D eigenvalue weighted by Gasteiger charge is 2.12. The quantitative estimate of drug-likeness (QED) is 0.733. The predicted molar refractivity (Wildman–Crippen MR) is 57.6 cm³/mol. The Morgan fingerprint density at radius 2 is 2.19 bits per heavy atom. The lowest BCUT2D eigenvalue weighted by atomic mass is 10.2. The van der Waals surface area contributed by atoms with Crippen LogP contribution in [0.1, 0.15) is 5.69 Å². The first-order chi connectivity index (χ1) is 7.49. The van der Waals surface area contributed by atoms with Crippen LogP contribution in [-0.2, 0) is 16.0 Å². The Kier molecular flexibility index (Phi) is 3.82. The van der Waals surface area contributed by atoms with Crippen LogP contribution in [0, 0.1) is 0 Å². The number of carboxylic acids is 1. The molecule has 86 valence electrons. The Hall–Kier alpha value is -2.11. The Morgan fingerprint density at radius 3 is 2.69 bits per heavy atom. The highest BCUT2D eigenvalue weighted by Crippen LogP contribution is 2.03. The number of carboxylic acid groups (broad SMARTS) is 1. The molecule has 3 N–H and O–H groups in total. The Balaban J connectivity index is 2.57. The molecule has 6 nitrogen and oxygen atoms in total. The average molecular weight is 223 g/mol. The fraction of sp³-hybridized carbons (Fsp3) is 0.300. The molecule has 0 aliphatic carbocycles. The van der Waals surface area contributed by atoms with E-state index >= 15 is 0 Å². The van der Waals surface area contributed by atoms with Gasteiger partial charge in [0.05, 0.1) is 18.3 Å². The molecule has 0 aliphatic rings.